The van der Waals surface area contributed by atoms with Crippen LogP contribution in [-0.2, 0) is 6.42 Å². The quantitative estimate of drug-likeness (QED) is 0.671. The number of methoxy groups -OCH3 is 1. The first-order valence-electron chi connectivity index (χ1n) is 7.21. The van der Waals surface area contributed by atoms with E-state index < -0.39 is 0 Å². The van der Waals surface area contributed by atoms with Crippen molar-refractivity contribution in [1.29, 1.82) is 0 Å². The van der Waals surface area contributed by atoms with Gasteiger partial charge in [0, 0.05) is 6.04 Å². The Labute approximate surface area is 126 Å². The van der Waals surface area contributed by atoms with Crippen LogP contribution in [0.5, 0.6) is 5.75 Å². The summed E-state index contributed by atoms with van der Waals surface area (Å²) in [6, 6.07) is 6.91. The number of benzene rings is 1. The fourth-order valence-electron chi connectivity index (χ4n) is 2.29. The second-order valence-corrected chi connectivity index (χ2v) is 5.86. The highest BCUT2D eigenvalue weighted by Crippen LogP contribution is 2.26. The molecule has 0 saturated carbocycles. The van der Waals surface area contributed by atoms with Crippen molar-refractivity contribution < 1.29 is 4.74 Å². The molecule has 1 N–H and O–H groups in total. The van der Waals surface area contributed by atoms with Gasteiger partial charge in [0.2, 0.25) is 0 Å². The number of nitrogens with one attached hydrogen (secondary N) is 1. The molecule has 2 nitrogen and oxygen atoms in total. The van der Waals surface area contributed by atoms with Crippen molar-refractivity contribution >= 4 is 15.9 Å². The first-order chi connectivity index (χ1) is 9.21. The summed E-state index contributed by atoms with van der Waals surface area (Å²) in [6.45, 7) is 2.25. The minimum absolute atomic E-state index is 0.567. The van der Waals surface area contributed by atoms with Crippen LogP contribution in [0.2, 0.25) is 0 Å². The standard InChI is InChI=1S/C16H26BrNO/c1-4-5-6-7-8-14(18-2)11-13-9-10-16(19-3)15(17)12-13/h9-10,12,14,18H,4-8,11H2,1-3H3. The third-order valence-corrected chi connectivity index (χ3v) is 4.13. The van der Waals surface area contributed by atoms with Crippen LogP contribution in [0.15, 0.2) is 22.7 Å². The molecule has 1 aromatic rings. The number of hydrogen-bond donors (Lipinski definition) is 1. The van der Waals surface area contributed by atoms with E-state index in [4.69, 9.17) is 4.74 Å². The van der Waals surface area contributed by atoms with E-state index in [1.54, 1.807) is 7.11 Å². The fraction of sp³-hybridized carbons (Fsp3) is 0.625. The number of unbranched alkanes of at least 4 members (excludes halogenated alkanes) is 3. The summed E-state index contributed by atoms with van der Waals surface area (Å²) in [5.41, 5.74) is 1.35. The van der Waals surface area contributed by atoms with Gasteiger partial charge in [-0.25, -0.2) is 0 Å². The van der Waals surface area contributed by atoms with Crippen LogP contribution in [0.4, 0.5) is 0 Å². The van der Waals surface area contributed by atoms with E-state index in [9.17, 15) is 0 Å². The van der Waals surface area contributed by atoms with E-state index in [0.717, 1.165) is 16.6 Å². The minimum Gasteiger partial charge on any atom is -0.496 e. The Hall–Kier alpha value is -0.540. The molecule has 0 aromatic heterocycles. The zero-order chi connectivity index (χ0) is 14.1. The smallest absolute Gasteiger partial charge is 0.133 e. The van der Waals surface area contributed by atoms with Gasteiger partial charge in [0.15, 0.2) is 0 Å². The van der Waals surface area contributed by atoms with E-state index in [-0.39, 0.29) is 0 Å². The fourth-order valence-corrected chi connectivity index (χ4v) is 2.88. The summed E-state index contributed by atoms with van der Waals surface area (Å²) in [4.78, 5) is 0. The summed E-state index contributed by atoms with van der Waals surface area (Å²) < 4.78 is 6.30. The van der Waals surface area contributed by atoms with E-state index in [1.807, 2.05) is 6.07 Å². The van der Waals surface area contributed by atoms with Crippen LogP contribution < -0.4 is 10.1 Å². The molecule has 0 amide bonds. The zero-order valence-electron chi connectivity index (χ0n) is 12.3. The highest BCUT2D eigenvalue weighted by Gasteiger charge is 2.08. The molecule has 3 heteroatoms. The molecule has 108 valence electrons. The average Bonchev–Trinajstić information content (AvgIpc) is 2.42. The van der Waals surface area contributed by atoms with Crippen LogP contribution in [0, 0.1) is 0 Å². The number of hydrogen-bond acceptors (Lipinski definition) is 2. The lowest BCUT2D eigenvalue weighted by atomic mass is 10.00. The van der Waals surface area contributed by atoms with Crippen molar-refractivity contribution in [3.05, 3.63) is 28.2 Å². The lowest BCUT2D eigenvalue weighted by Gasteiger charge is -2.16. The first kappa shape index (κ1) is 16.5. The summed E-state index contributed by atoms with van der Waals surface area (Å²) in [5.74, 6) is 0.896. The zero-order valence-corrected chi connectivity index (χ0v) is 13.9. The Bertz CT molecular complexity index is 368. The van der Waals surface area contributed by atoms with Crippen molar-refractivity contribution in [2.75, 3.05) is 14.2 Å². The van der Waals surface area contributed by atoms with Gasteiger partial charge in [-0.3, -0.25) is 0 Å². The molecule has 0 saturated heterocycles. The summed E-state index contributed by atoms with van der Waals surface area (Å²) in [7, 11) is 3.76. The Morgan fingerprint density at radius 3 is 2.63 bits per heavy atom. The van der Waals surface area contributed by atoms with Gasteiger partial charge in [-0.1, -0.05) is 38.7 Å². The molecule has 1 rings (SSSR count). The third kappa shape index (κ3) is 5.96. The van der Waals surface area contributed by atoms with Gasteiger partial charge in [-0.15, -0.1) is 0 Å². The SMILES string of the molecule is CCCCCCC(Cc1ccc(OC)c(Br)c1)NC. The van der Waals surface area contributed by atoms with E-state index in [1.165, 1.54) is 37.7 Å². The average molecular weight is 328 g/mol. The predicted molar refractivity (Wildman–Crippen MR) is 86.0 cm³/mol. The molecule has 0 aliphatic heterocycles. The highest BCUT2D eigenvalue weighted by atomic mass is 79.9. The van der Waals surface area contributed by atoms with Crippen LogP contribution in [0.25, 0.3) is 0 Å². The molecule has 1 aromatic carbocycles. The monoisotopic (exact) mass is 327 g/mol. The van der Waals surface area contributed by atoms with Crippen LogP contribution >= 0.6 is 15.9 Å². The van der Waals surface area contributed by atoms with E-state index >= 15 is 0 Å². The molecule has 0 fully saturated rings. The molecule has 1 atom stereocenters. The second-order valence-electron chi connectivity index (χ2n) is 5.01. The van der Waals surface area contributed by atoms with Crippen molar-refractivity contribution in [2.24, 2.45) is 0 Å². The lowest BCUT2D eigenvalue weighted by Crippen LogP contribution is -2.27. The third-order valence-electron chi connectivity index (χ3n) is 3.51. The van der Waals surface area contributed by atoms with Crippen LogP contribution in [0.1, 0.15) is 44.6 Å². The number of rotatable bonds is 9. The van der Waals surface area contributed by atoms with Gasteiger partial charge < -0.3 is 10.1 Å². The molecule has 0 radical (unpaired) electrons. The molecule has 0 spiro atoms. The first-order valence-corrected chi connectivity index (χ1v) is 8.00. The summed E-state index contributed by atoms with van der Waals surface area (Å²) in [6.07, 6.45) is 7.64. The highest BCUT2D eigenvalue weighted by molar-refractivity contribution is 9.10. The maximum absolute atomic E-state index is 5.26. The van der Waals surface area contributed by atoms with E-state index in [2.05, 4.69) is 47.4 Å². The predicted octanol–water partition coefficient (Wildman–Crippen LogP) is 4.56. The van der Waals surface area contributed by atoms with Crippen LogP contribution in [0.3, 0.4) is 0 Å². The van der Waals surface area contributed by atoms with Crippen molar-refractivity contribution in [3.8, 4) is 5.75 Å². The molecule has 0 heterocycles. The largest absolute Gasteiger partial charge is 0.496 e. The lowest BCUT2D eigenvalue weighted by molar-refractivity contribution is 0.411. The summed E-state index contributed by atoms with van der Waals surface area (Å²) >= 11 is 3.55. The van der Waals surface area contributed by atoms with Gasteiger partial charge in [0.05, 0.1) is 11.6 Å². The van der Waals surface area contributed by atoms with Gasteiger partial charge >= 0.3 is 0 Å². The number of ether oxygens (including phenoxy) is 1. The number of halogens is 1. The van der Waals surface area contributed by atoms with Crippen molar-refractivity contribution in [1.82, 2.24) is 5.32 Å². The van der Waals surface area contributed by atoms with Gasteiger partial charge in [0.25, 0.3) is 0 Å². The van der Waals surface area contributed by atoms with E-state index in [0.29, 0.717) is 6.04 Å². The Balaban J connectivity index is 2.48. The topological polar surface area (TPSA) is 21.3 Å². The van der Waals surface area contributed by atoms with Crippen molar-refractivity contribution in [2.45, 2.75) is 51.5 Å². The maximum Gasteiger partial charge on any atom is 0.133 e. The molecular formula is C16H26BrNO. The van der Waals surface area contributed by atoms with Gasteiger partial charge in [-0.2, -0.15) is 0 Å². The second kappa shape index (κ2) is 9.38. The molecule has 19 heavy (non-hydrogen) atoms. The molecule has 0 aliphatic rings. The molecular weight excluding hydrogens is 302 g/mol. The van der Waals surface area contributed by atoms with Gasteiger partial charge in [0.1, 0.15) is 5.75 Å². The molecule has 0 bridgehead atoms. The van der Waals surface area contributed by atoms with Crippen molar-refractivity contribution in [3.63, 3.8) is 0 Å². The minimum atomic E-state index is 0.567. The Morgan fingerprint density at radius 2 is 2.05 bits per heavy atom. The Kier molecular flexibility index (Phi) is 8.15. The molecule has 1 unspecified atom stereocenters. The van der Waals surface area contributed by atoms with Crippen LogP contribution in [-0.4, -0.2) is 20.2 Å². The number of likely N-dealkylation sites (N-methyl/N-ethyl adjacent to an activating group) is 1. The summed E-state index contributed by atoms with van der Waals surface area (Å²) in [5, 5.41) is 3.43. The maximum atomic E-state index is 5.26. The molecule has 0 aliphatic carbocycles. The normalized spacial score (nSPS) is 12.4. The van der Waals surface area contributed by atoms with Gasteiger partial charge in [-0.05, 0) is 53.5 Å². The Morgan fingerprint density at radius 1 is 1.26 bits per heavy atom.